The van der Waals surface area contributed by atoms with Crippen molar-refractivity contribution in [2.24, 2.45) is 10.8 Å². The molecule has 44 valence electrons. The quantitative estimate of drug-likeness (QED) is 0.447. The lowest BCUT2D eigenvalue weighted by molar-refractivity contribution is 0.121. The van der Waals surface area contributed by atoms with E-state index in [2.05, 4.69) is 0 Å². The topological polar surface area (TPSA) is 0 Å². The van der Waals surface area contributed by atoms with Gasteiger partial charge in [-0.15, -0.1) is 0 Å². The van der Waals surface area contributed by atoms with E-state index in [0.717, 1.165) is 10.8 Å². The molecule has 3 aliphatic carbocycles. The highest BCUT2D eigenvalue weighted by Crippen LogP contribution is 2.81. The van der Waals surface area contributed by atoms with E-state index in [1.165, 1.54) is 0 Å². The number of hydrogen-bond acceptors (Lipinski definition) is 0. The van der Waals surface area contributed by atoms with Gasteiger partial charge in [0.25, 0.3) is 0 Å². The lowest BCUT2D eigenvalue weighted by atomic mass is 9.67. The van der Waals surface area contributed by atoms with Crippen LogP contribution in [0.25, 0.3) is 0 Å². The van der Waals surface area contributed by atoms with Crippen molar-refractivity contribution in [2.45, 2.75) is 38.5 Å². The Bertz CT molecular complexity index is 120. The maximum absolute atomic E-state index is 1.59. The van der Waals surface area contributed by atoms with Crippen LogP contribution in [0.3, 0.4) is 0 Å². The lowest BCUT2D eigenvalue weighted by Crippen LogP contribution is -2.28. The molecule has 0 aromatic rings. The molecule has 0 aromatic carbocycles. The highest BCUT2D eigenvalue weighted by Gasteiger charge is 2.70. The van der Waals surface area contributed by atoms with Crippen molar-refractivity contribution < 1.29 is 0 Å². The van der Waals surface area contributed by atoms with Crippen LogP contribution in [0.1, 0.15) is 38.5 Å². The van der Waals surface area contributed by atoms with Crippen LogP contribution in [0.15, 0.2) is 0 Å². The van der Waals surface area contributed by atoms with Gasteiger partial charge in [0.2, 0.25) is 0 Å². The Labute approximate surface area is 50.3 Å². The first-order chi connectivity index (χ1) is 3.87. The van der Waals surface area contributed by atoms with E-state index >= 15 is 0 Å². The molecule has 3 saturated carbocycles. The zero-order chi connectivity index (χ0) is 5.24. The molecule has 0 radical (unpaired) electrons. The fraction of sp³-hybridized carbons (Fsp3) is 1.00. The Morgan fingerprint density at radius 1 is 0.500 bits per heavy atom. The zero-order valence-corrected chi connectivity index (χ0v) is 5.24. The molecular weight excluding hydrogens is 96.1 g/mol. The summed E-state index contributed by atoms with van der Waals surface area (Å²) in [6.07, 6.45) is 9.54. The summed E-state index contributed by atoms with van der Waals surface area (Å²) < 4.78 is 0. The van der Waals surface area contributed by atoms with E-state index < -0.39 is 0 Å². The van der Waals surface area contributed by atoms with Gasteiger partial charge in [-0.2, -0.15) is 0 Å². The summed E-state index contributed by atoms with van der Waals surface area (Å²) in [5, 5.41) is 0. The van der Waals surface area contributed by atoms with Crippen LogP contribution in [0.4, 0.5) is 0 Å². The molecule has 3 aliphatic rings. The van der Waals surface area contributed by atoms with Crippen molar-refractivity contribution in [3.05, 3.63) is 0 Å². The summed E-state index contributed by atoms with van der Waals surface area (Å²) >= 11 is 0. The number of hydrogen-bond donors (Lipinski definition) is 0. The molecule has 0 nitrogen and oxygen atoms in total. The van der Waals surface area contributed by atoms with Gasteiger partial charge >= 0.3 is 0 Å². The Hall–Kier alpha value is 0. The van der Waals surface area contributed by atoms with Gasteiger partial charge in [-0.1, -0.05) is 0 Å². The molecule has 0 heteroatoms. The number of fused-ring (bicyclic) bond motifs is 1. The Morgan fingerprint density at radius 3 is 0.875 bits per heavy atom. The molecule has 0 unspecified atom stereocenters. The van der Waals surface area contributed by atoms with Gasteiger partial charge in [-0.3, -0.25) is 0 Å². The van der Waals surface area contributed by atoms with E-state index in [0.29, 0.717) is 0 Å². The molecule has 8 heavy (non-hydrogen) atoms. The fourth-order valence-electron chi connectivity index (χ4n) is 2.69. The zero-order valence-electron chi connectivity index (χ0n) is 5.24. The van der Waals surface area contributed by atoms with Crippen LogP contribution >= 0.6 is 0 Å². The van der Waals surface area contributed by atoms with Gasteiger partial charge in [0.05, 0.1) is 0 Å². The molecule has 0 amide bonds. The molecule has 2 spiro atoms. The van der Waals surface area contributed by atoms with Crippen LogP contribution in [0, 0.1) is 10.8 Å². The van der Waals surface area contributed by atoms with Crippen LogP contribution in [0.2, 0.25) is 0 Å². The maximum atomic E-state index is 1.59. The average molecular weight is 108 g/mol. The third-order valence-corrected chi connectivity index (χ3v) is 3.91. The largest absolute Gasteiger partial charge is 0.0465 e. The summed E-state index contributed by atoms with van der Waals surface area (Å²) in [6.45, 7) is 0. The second-order valence-corrected chi connectivity index (χ2v) is 4.06. The standard InChI is InChI=1S/C8H12/c1-2-7(1)5-6-8(7)3-4-8/h1-6H2. The SMILES string of the molecule is C1CC12CCC21CC1. The molecule has 3 fully saturated rings. The molecule has 0 N–H and O–H groups in total. The van der Waals surface area contributed by atoms with Gasteiger partial charge in [0.15, 0.2) is 0 Å². The minimum atomic E-state index is 0.979. The van der Waals surface area contributed by atoms with Crippen molar-refractivity contribution >= 4 is 0 Å². The molecule has 0 saturated heterocycles. The molecule has 0 bridgehead atoms. The summed E-state index contributed by atoms with van der Waals surface area (Å²) in [4.78, 5) is 0. The Kier molecular flexibility index (Phi) is 0.381. The molecular formula is C8H12. The van der Waals surface area contributed by atoms with Crippen LogP contribution < -0.4 is 0 Å². The van der Waals surface area contributed by atoms with Crippen molar-refractivity contribution in [1.82, 2.24) is 0 Å². The predicted molar refractivity (Wildman–Crippen MR) is 32.6 cm³/mol. The van der Waals surface area contributed by atoms with E-state index in [-0.39, 0.29) is 0 Å². The Morgan fingerprint density at radius 2 is 0.750 bits per heavy atom. The van der Waals surface area contributed by atoms with Crippen molar-refractivity contribution in [2.75, 3.05) is 0 Å². The monoisotopic (exact) mass is 108 g/mol. The maximum Gasteiger partial charge on any atom is -0.0240 e. The van der Waals surface area contributed by atoms with E-state index in [9.17, 15) is 0 Å². The van der Waals surface area contributed by atoms with E-state index in [1.54, 1.807) is 38.5 Å². The van der Waals surface area contributed by atoms with Crippen molar-refractivity contribution in [1.29, 1.82) is 0 Å². The van der Waals surface area contributed by atoms with Crippen LogP contribution in [-0.2, 0) is 0 Å². The molecule has 3 rings (SSSR count). The second-order valence-electron chi connectivity index (χ2n) is 4.06. The van der Waals surface area contributed by atoms with Gasteiger partial charge in [0, 0.05) is 0 Å². The molecule has 0 aliphatic heterocycles. The summed E-state index contributed by atoms with van der Waals surface area (Å²) in [5.74, 6) is 0. The first-order valence-electron chi connectivity index (χ1n) is 3.87. The average Bonchev–Trinajstić information content (AvgIpc) is 2.62. The van der Waals surface area contributed by atoms with Crippen molar-refractivity contribution in [3.8, 4) is 0 Å². The van der Waals surface area contributed by atoms with Gasteiger partial charge in [0.1, 0.15) is 0 Å². The molecule has 0 atom stereocenters. The third-order valence-electron chi connectivity index (χ3n) is 3.91. The second kappa shape index (κ2) is 0.778. The first kappa shape index (κ1) is 3.92. The fourth-order valence-corrected chi connectivity index (χ4v) is 2.69. The third kappa shape index (κ3) is 0.222. The van der Waals surface area contributed by atoms with E-state index in [4.69, 9.17) is 0 Å². The summed E-state index contributed by atoms with van der Waals surface area (Å²) in [5.41, 5.74) is 1.96. The summed E-state index contributed by atoms with van der Waals surface area (Å²) in [7, 11) is 0. The Balaban J connectivity index is 2.00. The van der Waals surface area contributed by atoms with Gasteiger partial charge < -0.3 is 0 Å². The van der Waals surface area contributed by atoms with E-state index in [1.807, 2.05) is 0 Å². The minimum Gasteiger partial charge on any atom is -0.0465 e. The molecule has 0 aromatic heterocycles. The number of rotatable bonds is 0. The van der Waals surface area contributed by atoms with Crippen LogP contribution in [-0.4, -0.2) is 0 Å². The van der Waals surface area contributed by atoms with Gasteiger partial charge in [-0.05, 0) is 49.4 Å². The van der Waals surface area contributed by atoms with Crippen LogP contribution in [0.5, 0.6) is 0 Å². The highest BCUT2D eigenvalue weighted by atomic mass is 14.7. The predicted octanol–water partition coefficient (Wildman–Crippen LogP) is 2.34. The molecule has 0 heterocycles. The minimum absolute atomic E-state index is 0.979. The van der Waals surface area contributed by atoms with Crippen molar-refractivity contribution in [3.63, 3.8) is 0 Å². The first-order valence-corrected chi connectivity index (χ1v) is 3.87. The summed E-state index contributed by atoms with van der Waals surface area (Å²) in [6, 6.07) is 0. The van der Waals surface area contributed by atoms with Gasteiger partial charge in [-0.25, -0.2) is 0 Å². The lowest BCUT2D eigenvalue weighted by Gasteiger charge is -2.38. The normalized spacial score (nSPS) is 42.0. The highest BCUT2D eigenvalue weighted by molar-refractivity contribution is 5.20. The smallest absolute Gasteiger partial charge is 0.0240 e.